The van der Waals surface area contributed by atoms with Gasteiger partial charge < -0.3 is 17.0 Å². The molecule has 0 N–H and O–H groups in total. The van der Waals surface area contributed by atoms with Crippen LogP contribution in [0.25, 0.3) is 0 Å². The van der Waals surface area contributed by atoms with E-state index >= 15 is 0 Å². The molecule has 1 aromatic carbocycles. The van der Waals surface area contributed by atoms with Crippen LogP contribution < -0.4 is 17.0 Å². The molecule has 0 heterocycles. The van der Waals surface area contributed by atoms with Gasteiger partial charge in [0.15, 0.2) is 0 Å². The SMILES string of the molecule is O=C([CH2][Zn+])OCc1ccccc1.[Br-]. The summed E-state index contributed by atoms with van der Waals surface area (Å²) in [7, 11) is 0. The van der Waals surface area contributed by atoms with E-state index in [1.54, 1.807) is 0 Å². The van der Waals surface area contributed by atoms with E-state index in [1.807, 2.05) is 30.3 Å². The molecule has 0 aliphatic heterocycles. The van der Waals surface area contributed by atoms with Crippen molar-refractivity contribution in [3.63, 3.8) is 0 Å². The molecule has 0 saturated carbocycles. The normalized spacial score (nSPS) is 8.77. The van der Waals surface area contributed by atoms with E-state index in [9.17, 15) is 4.79 Å². The molecule has 1 aromatic rings. The van der Waals surface area contributed by atoms with Gasteiger partial charge in [-0.15, -0.1) is 0 Å². The molecule has 13 heavy (non-hydrogen) atoms. The third-order valence-corrected chi connectivity index (χ3v) is 2.30. The maximum absolute atomic E-state index is 10.8. The summed E-state index contributed by atoms with van der Waals surface area (Å²) in [6.45, 7) is 0.402. The van der Waals surface area contributed by atoms with Gasteiger partial charge in [0.1, 0.15) is 0 Å². The predicted octanol–water partition coefficient (Wildman–Crippen LogP) is -1.30. The molecule has 0 spiro atoms. The minimum atomic E-state index is -0.0983. The third-order valence-electron chi connectivity index (χ3n) is 1.45. The Morgan fingerprint density at radius 1 is 1.31 bits per heavy atom. The molecule has 0 aliphatic rings. The van der Waals surface area contributed by atoms with E-state index in [0.717, 1.165) is 23.9 Å². The van der Waals surface area contributed by atoms with Gasteiger partial charge in [-0.3, -0.25) is 0 Å². The van der Waals surface area contributed by atoms with Gasteiger partial charge in [-0.1, -0.05) is 0 Å². The molecule has 0 unspecified atom stereocenters. The number of carbonyl (C=O) groups excluding carboxylic acids is 1. The molecule has 0 fully saturated rings. The van der Waals surface area contributed by atoms with Crippen molar-refractivity contribution in [3.8, 4) is 0 Å². The number of carbonyl (C=O) groups is 1. The maximum atomic E-state index is 10.8. The number of benzene rings is 1. The number of esters is 1. The van der Waals surface area contributed by atoms with Gasteiger partial charge in [-0.05, 0) is 0 Å². The largest absolute Gasteiger partial charge is 1.00 e. The first-order valence-corrected chi connectivity index (χ1v) is 5.91. The Bertz CT molecular complexity index is 251. The topological polar surface area (TPSA) is 26.3 Å². The Hall–Kier alpha value is -0.207. The van der Waals surface area contributed by atoms with Gasteiger partial charge in [-0.2, -0.15) is 0 Å². The Labute approximate surface area is 98.1 Å². The summed E-state index contributed by atoms with van der Waals surface area (Å²) in [5, 5.41) is 0.562. The van der Waals surface area contributed by atoms with Gasteiger partial charge in [0.2, 0.25) is 0 Å². The zero-order valence-electron chi connectivity index (χ0n) is 7.20. The second kappa shape index (κ2) is 7.22. The van der Waals surface area contributed by atoms with E-state index in [2.05, 4.69) is 0 Å². The standard InChI is InChI=1S/C9H9O2.BrH.Zn/c1-8(10)11-7-9-5-3-2-4-6-9;;/h2-6H,1,7H2;1H;/q;;+1/p-1. The van der Waals surface area contributed by atoms with Crippen molar-refractivity contribution in [1.82, 2.24) is 0 Å². The van der Waals surface area contributed by atoms with Gasteiger partial charge in [0, 0.05) is 0 Å². The predicted molar refractivity (Wildman–Crippen MR) is 41.0 cm³/mol. The Balaban J connectivity index is 0.00000144. The van der Waals surface area contributed by atoms with Crippen molar-refractivity contribution in [2.75, 3.05) is 0 Å². The molecule has 0 aliphatic carbocycles. The molecule has 2 nitrogen and oxygen atoms in total. The van der Waals surface area contributed by atoms with Crippen LogP contribution in [0.4, 0.5) is 0 Å². The Kier molecular flexibility index (Phi) is 7.11. The number of rotatable bonds is 3. The molecular formula is C9H9BrO2Zn. The second-order valence-corrected chi connectivity index (χ2v) is 3.45. The zero-order chi connectivity index (χ0) is 8.81. The molecule has 0 bridgehead atoms. The van der Waals surface area contributed by atoms with Crippen LogP contribution in [0.2, 0.25) is 5.02 Å². The monoisotopic (exact) mass is 292 g/mol. The average Bonchev–Trinajstić information content (AvgIpc) is 2.16. The molecule has 0 aromatic heterocycles. The quantitative estimate of drug-likeness (QED) is 0.512. The smallest absolute Gasteiger partial charge is 1.00 e. The summed E-state index contributed by atoms with van der Waals surface area (Å²) < 4.78 is 4.97. The maximum Gasteiger partial charge on any atom is -1.00 e. The van der Waals surface area contributed by atoms with Crippen LogP contribution in [0.3, 0.4) is 0 Å². The first-order chi connectivity index (χ1) is 5.83. The Morgan fingerprint density at radius 2 is 1.92 bits per heavy atom. The summed E-state index contributed by atoms with van der Waals surface area (Å²) in [5.41, 5.74) is 1.04. The van der Waals surface area contributed by atoms with Crippen LogP contribution in [0.1, 0.15) is 5.56 Å². The van der Waals surface area contributed by atoms with Crippen LogP contribution in [-0.2, 0) is 34.4 Å². The Morgan fingerprint density at radius 3 is 2.46 bits per heavy atom. The molecule has 66 valence electrons. The van der Waals surface area contributed by atoms with Crippen molar-refractivity contribution in [2.24, 2.45) is 0 Å². The first-order valence-electron chi connectivity index (χ1n) is 3.81. The van der Waals surface area contributed by atoms with Crippen molar-refractivity contribution < 1.29 is 44.8 Å². The molecule has 0 atom stereocenters. The zero-order valence-corrected chi connectivity index (χ0v) is 11.8. The summed E-state index contributed by atoms with van der Waals surface area (Å²) in [4.78, 5) is 10.8. The molecule has 0 amide bonds. The van der Waals surface area contributed by atoms with E-state index in [1.165, 1.54) is 0 Å². The van der Waals surface area contributed by atoms with Gasteiger partial charge in [0.25, 0.3) is 0 Å². The summed E-state index contributed by atoms with van der Waals surface area (Å²) in [6.07, 6.45) is 0. The minimum absolute atomic E-state index is 0. The van der Waals surface area contributed by atoms with Crippen molar-refractivity contribution >= 4 is 5.97 Å². The van der Waals surface area contributed by atoms with Crippen LogP contribution >= 0.6 is 0 Å². The number of ether oxygens (including phenoxy) is 1. The molecule has 0 radical (unpaired) electrons. The minimum Gasteiger partial charge on any atom is -1.00 e. The number of hydrogen-bond donors (Lipinski definition) is 0. The fourth-order valence-electron chi connectivity index (χ4n) is 0.810. The van der Waals surface area contributed by atoms with Gasteiger partial charge >= 0.3 is 81.3 Å². The number of halogens is 1. The first kappa shape index (κ1) is 12.8. The molecule has 1 rings (SSSR count). The van der Waals surface area contributed by atoms with Crippen molar-refractivity contribution in [2.45, 2.75) is 11.6 Å². The summed E-state index contributed by atoms with van der Waals surface area (Å²) in [6, 6.07) is 9.70. The summed E-state index contributed by atoms with van der Waals surface area (Å²) >= 11 is 0.966. The third kappa shape index (κ3) is 5.17. The van der Waals surface area contributed by atoms with E-state index in [0.29, 0.717) is 11.6 Å². The van der Waals surface area contributed by atoms with Crippen LogP contribution in [-0.4, -0.2) is 5.97 Å². The average molecular weight is 294 g/mol. The van der Waals surface area contributed by atoms with Crippen LogP contribution in [0.15, 0.2) is 30.3 Å². The van der Waals surface area contributed by atoms with E-state index in [4.69, 9.17) is 4.74 Å². The van der Waals surface area contributed by atoms with E-state index in [-0.39, 0.29) is 23.0 Å². The number of hydrogen-bond acceptors (Lipinski definition) is 2. The molecular weight excluding hydrogens is 285 g/mol. The van der Waals surface area contributed by atoms with Crippen molar-refractivity contribution in [1.29, 1.82) is 0 Å². The van der Waals surface area contributed by atoms with Crippen LogP contribution in [0.5, 0.6) is 0 Å². The second-order valence-electron chi connectivity index (χ2n) is 2.40. The molecule has 4 heteroatoms. The summed E-state index contributed by atoms with van der Waals surface area (Å²) in [5.74, 6) is -0.0983. The fraction of sp³-hybridized carbons (Fsp3) is 0.222. The van der Waals surface area contributed by atoms with Crippen molar-refractivity contribution in [3.05, 3.63) is 35.9 Å². The van der Waals surface area contributed by atoms with Gasteiger partial charge in [0.05, 0.1) is 0 Å². The molecule has 0 saturated heterocycles. The van der Waals surface area contributed by atoms with Crippen LogP contribution in [0, 0.1) is 0 Å². The van der Waals surface area contributed by atoms with Gasteiger partial charge in [-0.25, -0.2) is 0 Å². The fourth-order valence-corrected chi connectivity index (χ4v) is 1.11. The van der Waals surface area contributed by atoms with E-state index < -0.39 is 0 Å².